The second-order valence-electron chi connectivity index (χ2n) is 3.46. The second kappa shape index (κ2) is 3.54. The van der Waals surface area contributed by atoms with E-state index in [0.29, 0.717) is 0 Å². The zero-order chi connectivity index (χ0) is 8.39. The Bertz CT molecular complexity index is 231. The van der Waals surface area contributed by atoms with E-state index < -0.39 is 0 Å². The van der Waals surface area contributed by atoms with E-state index in [2.05, 4.69) is 4.98 Å². The summed E-state index contributed by atoms with van der Waals surface area (Å²) in [6, 6.07) is 0. The number of thiazole rings is 1. The minimum Gasteiger partial charge on any atom is -0.393 e. The zero-order valence-corrected chi connectivity index (χ0v) is 7.76. The van der Waals surface area contributed by atoms with Crippen LogP contribution in [0, 0.1) is 5.92 Å². The number of rotatable bonds is 4. The molecule has 1 aromatic heterocycles. The van der Waals surface area contributed by atoms with Crippen molar-refractivity contribution in [2.45, 2.75) is 31.8 Å². The van der Waals surface area contributed by atoms with Crippen LogP contribution in [0.25, 0.3) is 0 Å². The Labute approximate surface area is 76.3 Å². The molecule has 1 saturated carbocycles. The van der Waals surface area contributed by atoms with Gasteiger partial charge < -0.3 is 5.11 Å². The Morgan fingerprint density at radius 2 is 2.50 bits per heavy atom. The number of aliphatic hydroxyl groups is 1. The summed E-state index contributed by atoms with van der Waals surface area (Å²) in [7, 11) is 0. The summed E-state index contributed by atoms with van der Waals surface area (Å²) < 4.78 is 0. The first-order valence-corrected chi connectivity index (χ1v) is 5.29. The quantitative estimate of drug-likeness (QED) is 0.772. The van der Waals surface area contributed by atoms with Gasteiger partial charge in [0.15, 0.2) is 0 Å². The largest absolute Gasteiger partial charge is 0.393 e. The fourth-order valence-corrected chi connectivity index (χ4v) is 2.07. The smallest absolute Gasteiger partial charge is 0.0950 e. The summed E-state index contributed by atoms with van der Waals surface area (Å²) in [6.07, 6.45) is 5.98. The molecule has 0 spiro atoms. The molecule has 2 rings (SSSR count). The van der Waals surface area contributed by atoms with E-state index in [4.69, 9.17) is 0 Å². The van der Waals surface area contributed by atoms with Gasteiger partial charge in [-0.25, -0.2) is 4.98 Å². The average Bonchev–Trinajstić information content (AvgIpc) is 2.66. The third-order valence-electron chi connectivity index (χ3n) is 2.20. The maximum atomic E-state index is 9.60. The van der Waals surface area contributed by atoms with Gasteiger partial charge in [-0.1, -0.05) is 12.8 Å². The first kappa shape index (κ1) is 8.20. The highest BCUT2D eigenvalue weighted by Gasteiger charge is 2.24. The molecule has 1 N–H and O–H groups in total. The molecule has 1 heterocycles. The number of aromatic nitrogens is 1. The topological polar surface area (TPSA) is 33.1 Å². The molecule has 0 aliphatic heterocycles. The molecule has 1 unspecified atom stereocenters. The van der Waals surface area contributed by atoms with Crippen LogP contribution in [0.4, 0.5) is 0 Å². The van der Waals surface area contributed by atoms with E-state index in [0.717, 1.165) is 23.8 Å². The number of aliphatic hydroxyl groups excluding tert-OH is 1. The van der Waals surface area contributed by atoms with Crippen LogP contribution in [0.2, 0.25) is 0 Å². The molecule has 1 aliphatic rings. The molecule has 0 bridgehead atoms. The van der Waals surface area contributed by atoms with Crippen molar-refractivity contribution >= 4 is 11.3 Å². The number of nitrogens with zero attached hydrogens (tertiary/aromatic N) is 1. The molecule has 1 atom stereocenters. The van der Waals surface area contributed by atoms with E-state index in [1.807, 2.05) is 5.38 Å². The minimum absolute atomic E-state index is 0.163. The summed E-state index contributed by atoms with van der Waals surface area (Å²) in [5.74, 6) is 0.806. The van der Waals surface area contributed by atoms with Crippen molar-refractivity contribution in [1.82, 2.24) is 4.98 Å². The van der Waals surface area contributed by atoms with Crippen LogP contribution < -0.4 is 0 Å². The highest BCUT2D eigenvalue weighted by atomic mass is 32.1. The van der Waals surface area contributed by atoms with Crippen molar-refractivity contribution in [2.75, 3.05) is 0 Å². The lowest BCUT2D eigenvalue weighted by molar-refractivity contribution is 0.158. The monoisotopic (exact) mass is 183 g/mol. The fraction of sp³-hybridized carbons (Fsp3) is 0.667. The first-order valence-electron chi connectivity index (χ1n) is 4.41. The lowest BCUT2D eigenvalue weighted by Crippen LogP contribution is -2.10. The minimum atomic E-state index is -0.163. The van der Waals surface area contributed by atoms with Crippen LogP contribution in [0.5, 0.6) is 0 Å². The molecular formula is C9H13NOS. The van der Waals surface area contributed by atoms with Crippen LogP contribution in [0.3, 0.4) is 0 Å². The van der Waals surface area contributed by atoms with Crippen molar-refractivity contribution in [1.29, 1.82) is 0 Å². The summed E-state index contributed by atoms with van der Waals surface area (Å²) in [5, 5.41) is 12.6. The predicted octanol–water partition coefficient (Wildman–Crippen LogP) is 1.85. The molecule has 1 fully saturated rings. The molecule has 1 aromatic rings. The van der Waals surface area contributed by atoms with Gasteiger partial charge in [0, 0.05) is 18.0 Å². The molecular weight excluding hydrogens is 170 g/mol. The van der Waals surface area contributed by atoms with Crippen LogP contribution in [-0.4, -0.2) is 16.2 Å². The Morgan fingerprint density at radius 3 is 3.08 bits per heavy atom. The molecule has 3 heteroatoms. The zero-order valence-electron chi connectivity index (χ0n) is 6.94. The van der Waals surface area contributed by atoms with E-state index in [9.17, 15) is 5.11 Å². The molecule has 66 valence electrons. The van der Waals surface area contributed by atoms with Crippen molar-refractivity contribution in [3.05, 3.63) is 16.6 Å². The lowest BCUT2D eigenvalue weighted by atomic mass is 10.1. The Morgan fingerprint density at radius 1 is 1.67 bits per heavy atom. The van der Waals surface area contributed by atoms with Gasteiger partial charge in [0.1, 0.15) is 0 Å². The standard InChI is InChI=1S/C9H13NOS/c11-8(5-7-1-2-7)6-9-10-3-4-12-9/h3-4,7-8,11H,1-2,5-6H2. The van der Waals surface area contributed by atoms with Crippen molar-refractivity contribution < 1.29 is 5.11 Å². The number of hydrogen-bond acceptors (Lipinski definition) is 3. The molecule has 0 saturated heterocycles. The summed E-state index contributed by atoms with van der Waals surface area (Å²) >= 11 is 1.63. The maximum absolute atomic E-state index is 9.60. The molecule has 0 aromatic carbocycles. The van der Waals surface area contributed by atoms with Gasteiger partial charge in [-0.2, -0.15) is 0 Å². The van der Waals surface area contributed by atoms with E-state index in [-0.39, 0.29) is 6.10 Å². The van der Waals surface area contributed by atoms with Gasteiger partial charge in [0.05, 0.1) is 11.1 Å². The highest BCUT2D eigenvalue weighted by Crippen LogP contribution is 2.34. The highest BCUT2D eigenvalue weighted by molar-refractivity contribution is 7.09. The molecule has 1 aliphatic carbocycles. The van der Waals surface area contributed by atoms with Gasteiger partial charge in [0.2, 0.25) is 0 Å². The summed E-state index contributed by atoms with van der Waals surface area (Å²) in [4.78, 5) is 4.14. The molecule has 0 amide bonds. The van der Waals surface area contributed by atoms with Crippen molar-refractivity contribution in [2.24, 2.45) is 5.92 Å². The second-order valence-corrected chi connectivity index (χ2v) is 4.44. The predicted molar refractivity (Wildman–Crippen MR) is 49.2 cm³/mol. The van der Waals surface area contributed by atoms with Crippen LogP contribution in [0.15, 0.2) is 11.6 Å². The summed E-state index contributed by atoms with van der Waals surface area (Å²) in [5.41, 5.74) is 0. The lowest BCUT2D eigenvalue weighted by Gasteiger charge is -2.06. The molecule has 12 heavy (non-hydrogen) atoms. The van der Waals surface area contributed by atoms with Crippen LogP contribution in [0.1, 0.15) is 24.3 Å². The van der Waals surface area contributed by atoms with Crippen molar-refractivity contribution in [3.8, 4) is 0 Å². The normalized spacial score (nSPS) is 19.4. The molecule has 0 radical (unpaired) electrons. The van der Waals surface area contributed by atoms with Crippen LogP contribution in [-0.2, 0) is 6.42 Å². The van der Waals surface area contributed by atoms with E-state index in [1.165, 1.54) is 12.8 Å². The van der Waals surface area contributed by atoms with Gasteiger partial charge in [0.25, 0.3) is 0 Å². The van der Waals surface area contributed by atoms with E-state index in [1.54, 1.807) is 17.5 Å². The third kappa shape index (κ3) is 2.29. The SMILES string of the molecule is OC(Cc1nccs1)CC1CC1. The Balaban J connectivity index is 1.77. The molecule has 2 nitrogen and oxygen atoms in total. The Hall–Kier alpha value is -0.410. The third-order valence-corrected chi connectivity index (χ3v) is 3.00. The Kier molecular flexibility index (Phi) is 2.42. The number of hydrogen-bond donors (Lipinski definition) is 1. The van der Waals surface area contributed by atoms with Gasteiger partial charge >= 0.3 is 0 Å². The average molecular weight is 183 g/mol. The van der Waals surface area contributed by atoms with Gasteiger partial charge in [-0.15, -0.1) is 11.3 Å². The summed E-state index contributed by atoms with van der Waals surface area (Å²) in [6.45, 7) is 0. The van der Waals surface area contributed by atoms with E-state index >= 15 is 0 Å². The fourth-order valence-electron chi connectivity index (χ4n) is 1.38. The first-order chi connectivity index (χ1) is 5.84. The van der Waals surface area contributed by atoms with Gasteiger partial charge in [-0.05, 0) is 12.3 Å². The van der Waals surface area contributed by atoms with Crippen molar-refractivity contribution in [3.63, 3.8) is 0 Å². The maximum Gasteiger partial charge on any atom is 0.0950 e. The van der Waals surface area contributed by atoms with Gasteiger partial charge in [-0.3, -0.25) is 0 Å². The van der Waals surface area contributed by atoms with Crippen LogP contribution >= 0.6 is 11.3 Å².